The number of carbonyl (C=O) groups is 1. The van der Waals surface area contributed by atoms with Crippen LogP contribution in [-0.4, -0.2) is 54.8 Å². The summed E-state index contributed by atoms with van der Waals surface area (Å²) in [7, 11) is 1.44. The molecular formula is C19H27N3O5. The minimum absolute atomic E-state index is 0.0258. The van der Waals surface area contributed by atoms with Crippen molar-refractivity contribution in [2.45, 2.75) is 39.2 Å². The van der Waals surface area contributed by atoms with E-state index >= 15 is 0 Å². The van der Waals surface area contributed by atoms with Crippen molar-refractivity contribution in [3.05, 3.63) is 28.3 Å². The number of anilines is 1. The van der Waals surface area contributed by atoms with E-state index in [1.807, 2.05) is 20.8 Å². The molecule has 0 saturated carbocycles. The number of piperidine rings is 1. The summed E-state index contributed by atoms with van der Waals surface area (Å²) >= 11 is 0. The fraction of sp³-hybridized carbons (Fsp3) is 0.632. The number of ether oxygens (including phenoxy) is 2. The van der Waals surface area contributed by atoms with Crippen LogP contribution in [0, 0.1) is 15.5 Å². The predicted octanol–water partition coefficient (Wildman–Crippen LogP) is 3.44. The highest BCUT2D eigenvalue weighted by Crippen LogP contribution is 2.44. The largest absolute Gasteiger partial charge is 0.490 e. The SMILES string of the molecule is COc1cc(N2CC3(CCN(C(=O)OC(C)(C)C)CC3)C2)ccc1[N+](=O)[O-]. The molecule has 27 heavy (non-hydrogen) atoms. The van der Waals surface area contributed by atoms with Crippen molar-refractivity contribution in [3.8, 4) is 5.75 Å². The zero-order valence-electron chi connectivity index (χ0n) is 16.4. The van der Waals surface area contributed by atoms with Gasteiger partial charge in [-0.2, -0.15) is 0 Å². The lowest BCUT2D eigenvalue weighted by atomic mass is 9.72. The molecule has 0 unspecified atom stereocenters. The van der Waals surface area contributed by atoms with Crippen LogP contribution in [0.15, 0.2) is 18.2 Å². The molecule has 2 saturated heterocycles. The molecule has 1 aromatic carbocycles. The van der Waals surface area contributed by atoms with Crippen molar-refractivity contribution in [2.24, 2.45) is 5.41 Å². The summed E-state index contributed by atoms with van der Waals surface area (Å²) in [6.07, 6.45) is 1.63. The average molecular weight is 377 g/mol. The number of carbonyl (C=O) groups excluding carboxylic acids is 1. The van der Waals surface area contributed by atoms with Crippen LogP contribution < -0.4 is 9.64 Å². The maximum Gasteiger partial charge on any atom is 0.410 e. The lowest BCUT2D eigenvalue weighted by Gasteiger charge is -2.55. The van der Waals surface area contributed by atoms with Gasteiger partial charge in [0.25, 0.3) is 0 Å². The molecule has 0 radical (unpaired) electrons. The first-order valence-corrected chi connectivity index (χ1v) is 9.18. The summed E-state index contributed by atoms with van der Waals surface area (Å²) in [6, 6.07) is 4.98. The third-order valence-corrected chi connectivity index (χ3v) is 5.25. The van der Waals surface area contributed by atoms with E-state index in [4.69, 9.17) is 9.47 Å². The molecule has 0 atom stereocenters. The van der Waals surface area contributed by atoms with Crippen LogP contribution in [0.2, 0.25) is 0 Å². The lowest BCUT2D eigenvalue weighted by Crippen LogP contribution is -2.61. The summed E-state index contributed by atoms with van der Waals surface area (Å²) in [4.78, 5) is 26.8. The molecule has 0 N–H and O–H groups in total. The maximum absolute atomic E-state index is 12.2. The van der Waals surface area contributed by atoms with Gasteiger partial charge in [0.1, 0.15) is 5.60 Å². The van der Waals surface area contributed by atoms with Crippen LogP contribution >= 0.6 is 0 Å². The molecule has 3 rings (SSSR count). The molecule has 8 nitrogen and oxygen atoms in total. The summed E-state index contributed by atoms with van der Waals surface area (Å²) in [5.74, 6) is 0.276. The van der Waals surface area contributed by atoms with Crippen molar-refractivity contribution in [1.82, 2.24) is 4.90 Å². The number of nitro benzene ring substituents is 1. The van der Waals surface area contributed by atoms with Gasteiger partial charge in [-0.05, 0) is 39.7 Å². The molecule has 2 heterocycles. The molecule has 2 fully saturated rings. The molecule has 1 amide bonds. The van der Waals surface area contributed by atoms with Crippen molar-refractivity contribution in [3.63, 3.8) is 0 Å². The molecule has 0 bridgehead atoms. The van der Waals surface area contributed by atoms with Gasteiger partial charge in [0.15, 0.2) is 5.75 Å². The van der Waals surface area contributed by atoms with E-state index in [1.165, 1.54) is 13.2 Å². The second-order valence-electron chi connectivity index (χ2n) is 8.44. The molecule has 2 aliphatic heterocycles. The molecule has 0 aromatic heterocycles. The maximum atomic E-state index is 12.2. The Morgan fingerprint density at radius 2 is 1.85 bits per heavy atom. The number of benzene rings is 1. The van der Waals surface area contributed by atoms with Crippen LogP contribution in [0.3, 0.4) is 0 Å². The van der Waals surface area contributed by atoms with E-state index in [9.17, 15) is 14.9 Å². The third kappa shape index (κ3) is 4.09. The number of amides is 1. The lowest BCUT2D eigenvalue weighted by molar-refractivity contribution is -0.385. The molecular weight excluding hydrogens is 350 g/mol. The van der Waals surface area contributed by atoms with Gasteiger partial charge in [-0.15, -0.1) is 0 Å². The first-order chi connectivity index (χ1) is 12.6. The quantitative estimate of drug-likeness (QED) is 0.592. The monoisotopic (exact) mass is 377 g/mol. The Morgan fingerprint density at radius 1 is 1.22 bits per heavy atom. The highest BCUT2D eigenvalue weighted by Gasteiger charge is 2.46. The van der Waals surface area contributed by atoms with E-state index in [-0.39, 0.29) is 22.9 Å². The van der Waals surface area contributed by atoms with E-state index in [0.29, 0.717) is 13.1 Å². The van der Waals surface area contributed by atoms with Gasteiger partial charge in [0.05, 0.1) is 12.0 Å². The van der Waals surface area contributed by atoms with Gasteiger partial charge in [-0.3, -0.25) is 10.1 Å². The second kappa shape index (κ2) is 6.90. The number of likely N-dealkylation sites (tertiary alicyclic amines) is 1. The van der Waals surface area contributed by atoms with Crippen molar-refractivity contribution >= 4 is 17.5 Å². The minimum atomic E-state index is -0.478. The smallest absolute Gasteiger partial charge is 0.410 e. The minimum Gasteiger partial charge on any atom is -0.490 e. The molecule has 0 aliphatic carbocycles. The van der Waals surface area contributed by atoms with Gasteiger partial charge in [-0.1, -0.05) is 0 Å². The zero-order valence-corrected chi connectivity index (χ0v) is 16.4. The summed E-state index contributed by atoms with van der Waals surface area (Å²) in [5.41, 5.74) is 0.627. The Labute approximate surface area is 159 Å². The van der Waals surface area contributed by atoms with Crippen LogP contribution in [0.5, 0.6) is 5.75 Å². The number of nitro groups is 1. The Bertz CT molecular complexity index is 727. The summed E-state index contributed by atoms with van der Waals surface area (Å²) in [5, 5.41) is 11.0. The van der Waals surface area contributed by atoms with Crippen LogP contribution in [0.4, 0.5) is 16.2 Å². The van der Waals surface area contributed by atoms with E-state index in [0.717, 1.165) is 31.6 Å². The highest BCUT2D eigenvalue weighted by molar-refractivity contribution is 5.68. The first-order valence-electron chi connectivity index (χ1n) is 9.18. The molecule has 1 spiro atoms. The van der Waals surface area contributed by atoms with Crippen LogP contribution in [-0.2, 0) is 4.74 Å². The van der Waals surface area contributed by atoms with Gasteiger partial charge in [0, 0.05) is 49.4 Å². The summed E-state index contributed by atoms with van der Waals surface area (Å²) < 4.78 is 10.6. The number of methoxy groups -OCH3 is 1. The first kappa shape index (κ1) is 19.3. The Balaban J connectivity index is 1.57. The van der Waals surface area contributed by atoms with Crippen LogP contribution in [0.25, 0.3) is 0 Å². The standard InChI is InChI=1S/C19H27N3O5/c1-18(2,3)27-17(23)20-9-7-19(8-10-20)12-21(13-19)14-5-6-15(22(24)25)16(11-14)26-4/h5-6,11H,7-10,12-13H2,1-4H3. The fourth-order valence-corrected chi connectivity index (χ4v) is 3.77. The van der Waals surface area contributed by atoms with Gasteiger partial charge < -0.3 is 19.3 Å². The van der Waals surface area contributed by atoms with Crippen LogP contribution in [0.1, 0.15) is 33.6 Å². The van der Waals surface area contributed by atoms with Gasteiger partial charge in [0.2, 0.25) is 0 Å². The number of hydrogen-bond acceptors (Lipinski definition) is 6. The Morgan fingerprint density at radius 3 is 2.37 bits per heavy atom. The molecule has 148 valence electrons. The van der Waals surface area contributed by atoms with E-state index in [2.05, 4.69) is 4.90 Å². The van der Waals surface area contributed by atoms with E-state index < -0.39 is 10.5 Å². The third-order valence-electron chi connectivity index (χ3n) is 5.25. The summed E-state index contributed by atoms with van der Waals surface area (Å²) in [6.45, 7) is 8.79. The van der Waals surface area contributed by atoms with Crippen molar-refractivity contribution < 1.29 is 19.2 Å². The number of hydrogen-bond donors (Lipinski definition) is 0. The molecule has 2 aliphatic rings. The van der Waals surface area contributed by atoms with Crippen molar-refractivity contribution in [1.29, 1.82) is 0 Å². The number of rotatable bonds is 3. The number of nitrogens with zero attached hydrogens (tertiary/aromatic N) is 3. The molecule has 1 aromatic rings. The van der Waals surface area contributed by atoms with E-state index in [1.54, 1.807) is 17.0 Å². The Hall–Kier alpha value is -2.51. The zero-order chi connectivity index (χ0) is 19.8. The fourth-order valence-electron chi connectivity index (χ4n) is 3.77. The van der Waals surface area contributed by atoms with Gasteiger partial charge >= 0.3 is 11.8 Å². The average Bonchev–Trinajstić information content (AvgIpc) is 2.57. The Kier molecular flexibility index (Phi) is 4.92. The van der Waals surface area contributed by atoms with Gasteiger partial charge in [-0.25, -0.2) is 4.79 Å². The second-order valence-corrected chi connectivity index (χ2v) is 8.44. The van der Waals surface area contributed by atoms with Crippen molar-refractivity contribution in [2.75, 3.05) is 38.2 Å². The topological polar surface area (TPSA) is 85.2 Å². The highest BCUT2D eigenvalue weighted by atomic mass is 16.6. The molecule has 8 heteroatoms. The normalized spacial score (nSPS) is 18.8. The predicted molar refractivity (Wildman–Crippen MR) is 101 cm³/mol.